The van der Waals surface area contributed by atoms with Crippen LogP contribution in [0.4, 0.5) is 0 Å². The van der Waals surface area contributed by atoms with Crippen LogP contribution in [0.5, 0.6) is 5.75 Å². The van der Waals surface area contributed by atoms with E-state index in [1.54, 1.807) is 13.0 Å². The summed E-state index contributed by atoms with van der Waals surface area (Å²) < 4.78 is 5.07. The average Bonchev–Trinajstić information content (AvgIpc) is 2.44. The number of hydrogen-bond donors (Lipinski definition) is 1. The zero-order valence-electron chi connectivity index (χ0n) is 6.77. The quantitative estimate of drug-likeness (QED) is 0.728. The Bertz CT molecular complexity index is 474. The van der Waals surface area contributed by atoms with Gasteiger partial charge in [-0.3, -0.25) is 0 Å². The summed E-state index contributed by atoms with van der Waals surface area (Å²) in [6.45, 7) is 1.80. The maximum atomic E-state index is 9.43. The van der Waals surface area contributed by atoms with Gasteiger partial charge in [-0.05, 0) is 18.6 Å². The highest BCUT2D eigenvalue weighted by Crippen LogP contribution is 2.38. The second kappa shape index (κ2) is 2.82. The molecule has 0 saturated heterocycles. The minimum absolute atomic E-state index is 0.0666. The van der Waals surface area contributed by atoms with Crippen molar-refractivity contribution in [2.24, 2.45) is 0 Å². The highest BCUT2D eigenvalue weighted by Gasteiger charge is 2.13. The van der Waals surface area contributed by atoms with Gasteiger partial charge in [-0.2, -0.15) is 0 Å². The molecule has 13 heavy (non-hydrogen) atoms. The van der Waals surface area contributed by atoms with Gasteiger partial charge in [-0.1, -0.05) is 23.2 Å². The van der Waals surface area contributed by atoms with Crippen LogP contribution in [0, 0.1) is 6.92 Å². The minimum Gasteiger partial charge on any atom is -0.504 e. The van der Waals surface area contributed by atoms with E-state index in [9.17, 15) is 5.11 Å². The average molecular weight is 217 g/mol. The number of benzene rings is 1. The Balaban J connectivity index is 3.00. The van der Waals surface area contributed by atoms with E-state index in [0.717, 1.165) is 5.56 Å². The Morgan fingerprint density at radius 2 is 2.00 bits per heavy atom. The van der Waals surface area contributed by atoms with Crippen LogP contribution in [0.15, 0.2) is 16.7 Å². The monoisotopic (exact) mass is 216 g/mol. The number of aromatic hydroxyl groups is 1. The van der Waals surface area contributed by atoms with Crippen LogP contribution < -0.4 is 0 Å². The molecule has 0 amide bonds. The van der Waals surface area contributed by atoms with Gasteiger partial charge in [0, 0.05) is 5.02 Å². The summed E-state index contributed by atoms with van der Waals surface area (Å²) in [5.74, 6) is 0.0666. The Morgan fingerprint density at radius 1 is 1.31 bits per heavy atom. The lowest BCUT2D eigenvalue weighted by atomic mass is 10.1. The molecule has 0 aliphatic heterocycles. The van der Waals surface area contributed by atoms with Gasteiger partial charge < -0.3 is 9.52 Å². The van der Waals surface area contributed by atoms with E-state index in [0.29, 0.717) is 21.0 Å². The van der Waals surface area contributed by atoms with E-state index in [2.05, 4.69) is 0 Å². The predicted octanol–water partition coefficient (Wildman–Crippen LogP) is 3.75. The van der Waals surface area contributed by atoms with Crippen molar-refractivity contribution in [1.29, 1.82) is 0 Å². The zero-order valence-corrected chi connectivity index (χ0v) is 8.28. The van der Waals surface area contributed by atoms with Crippen LogP contribution in [-0.4, -0.2) is 5.11 Å². The summed E-state index contributed by atoms with van der Waals surface area (Å²) in [5, 5.41) is 10.9. The first-order valence-corrected chi connectivity index (χ1v) is 4.41. The molecule has 4 heteroatoms. The minimum atomic E-state index is 0.0666. The predicted molar refractivity (Wildman–Crippen MR) is 52.6 cm³/mol. The second-order valence-corrected chi connectivity index (χ2v) is 3.60. The number of rotatable bonds is 0. The third-order valence-corrected chi connectivity index (χ3v) is 2.65. The number of fused-ring (bicyclic) bond motifs is 1. The van der Waals surface area contributed by atoms with Crippen molar-refractivity contribution in [3.8, 4) is 5.75 Å². The summed E-state index contributed by atoms with van der Waals surface area (Å²) in [4.78, 5) is 0. The largest absolute Gasteiger partial charge is 0.504 e. The van der Waals surface area contributed by atoms with Crippen molar-refractivity contribution in [2.45, 2.75) is 6.92 Å². The molecule has 0 fully saturated rings. The smallest absolute Gasteiger partial charge is 0.162 e. The Labute approximate surface area is 84.7 Å². The molecule has 0 atom stereocenters. The molecule has 1 N–H and O–H groups in total. The third kappa shape index (κ3) is 1.18. The summed E-state index contributed by atoms with van der Waals surface area (Å²) in [7, 11) is 0. The molecule has 0 aliphatic carbocycles. The maximum Gasteiger partial charge on any atom is 0.162 e. The van der Waals surface area contributed by atoms with Gasteiger partial charge in [-0.25, -0.2) is 0 Å². The van der Waals surface area contributed by atoms with Crippen molar-refractivity contribution in [3.63, 3.8) is 0 Å². The van der Waals surface area contributed by atoms with Crippen LogP contribution >= 0.6 is 23.2 Å². The molecule has 1 heterocycles. The third-order valence-electron chi connectivity index (χ3n) is 1.98. The van der Waals surface area contributed by atoms with Crippen LogP contribution in [0.25, 0.3) is 11.0 Å². The Morgan fingerprint density at radius 3 is 2.69 bits per heavy atom. The molecule has 68 valence electrons. The van der Waals surface area contributed by atoms with E-state index in [4.69, 9.17) is 27.6 Å². The Hall–Kier alpha value is -0.860. The van der Waals surface area contributed by atoms with E-state index in [1.807, 2.05) is 0 Å². The van der Waals surface area contributed by atoms with E-state index >= 15 is 0 Å². The van der Waals surface area contributed by atoms with E-state index in [-0.39, 0.29) is 5.75 Å². The number of furan rings is 1. The summed E-state index contributed by atoms with van der Waals surface area (Å²) >= 11 is 11.7. The molecule has 2 nitrogen and oxygen atoms in total. The van der Waals surface area contributed by atoms with Gasteiger partial charge in [0.15, 0.2) is 11.3 Å². The second-order valence-electron chi connectivity index (χ2n) is 2.79. The maximum absolute atomic E-state index is 9.43. The lowest BCUT2D eigenvalue weighted by molar-refractivity contribution is 0.464. The number of aryl methyl sites for hydroxylation is 1. The molecule has 1 aromatic carbocycles. The molecule has 0 saturated carbocycles. The molecular formula is C9H6Cl2O2. The topological polar surface area (TPSA) is 33.4 Å². The molecule has 0 aliphatic rings. The highest BCUT2D eigenvalue weighted by atomic mass is 35.5. The van der Waals surface area contributed by atoms with Gasteiger partial charge in [0.1, 0.15) is 6.26 Å². The van der Waals surface area contributed by atoms with E-state index < -0.39 is 0 Å². The molecule has 0 spiro atoms. The molecule has 0 bridgehead atoms. The fourth-order valence-corrected chi connectivity index (χ4v) is 1.80. The Kier molecular flexibility index (Phi) is 1.90. The highest BCUT2D eigenvalue weighted by molar-refractivity contribution is 6.39. The first-order chi connectivity index (χ1) is 6.11. The first-order valence-electron chi connectivity index (χ1n) is 3.66. The van der Waals surface area contributed by atoms with Crippen LogP contribution in [0.3, 0.4) is 0 Å². The summed E-state index contributed by atoms with van der Waals surface area (Å²) in [6.07, 6.45) is 1.25. The lowest BCUT2D eigenvalue weighted by Gasteiger charge is -2.00. The fraction of sp³-hybridized carbons (Fsp3) is 0.111. The van der Waals surface area contributed by atoms with Crippen molar-refractivity contribution >= 4 is 34.2 Å². The molecule has 2 aromatic rings. The van der Waals surface area contributed by atoms with Crippen molar-refractivity contribution < 1.29 is 9.52 Å². The zero-order chi connectivity index (χ0) is 9.59. The van der Waals surface area contributed by atoms with Gasteiger partial charge in [0.25, 0.3) is 0 Å². The van der Waals surface area contributed by atoms with Gasteiger partial charge in [-0.15, -0.1) is 0 Å². The SMILES string of the molecule is Cc1c(Cl)cc(Cl)c2occ(O)c12. The van der Waals surface area contributed by atoms with E-state index in [1.165, 1.54) is 6.26 Å². The van der Waals surface area contributed by atoms with Crippen molar-refractivity contribution in [1.82, 2.24) is 0 Å². The van der Waals surface area contributed by atoms with Gasteiger partial charge in [0.05, 0.1) is 10.4 Å². The number of hydrogen-bond acceptors (Lipinski definition) is 2. The molecule has 0 radical (unpaired) electrons. The van der Waals surface area contributed by atoms with Crippen LogP contribution in [0.2, 0.25) is 10.0 Å². The lowest BCUT2D eigenvalue weighted by Crippen LogP contribution is -1.78. The van der Waals surface area contributed by atoms with Crippen molar-refractivity contribution in [2.75, 3.05) is 0 Å². The van der Waals surface area contributed by atoms with Crippen molar-refractivity contribution in [3.05, 3.63) is 27.9 Å². The summed E-state index contributed by atoms with van der Waals surface area (Å²) in [6, 6.07) is 1.60. The molecular weight excluding hydrogens is 211 g/mol. The van der Waals surface area contributed by atoms with Gasteiger partial charge >= 0.3 is 0 Å². The molecule has 1 aromatic heterocycles. The standard InChI is InChI=1S/C9H6Cl2O2/c1-4-5(10)2-6(11)9-8(4)7(12)3-13-9/h2-3,12H,1H3. The first kappa shape index (κ1) is 8.73. The number of halogens is 2. The molecule has 0 unspecified atom stereocenters. The molecule has 2 rings (SSSR count). The fourth-order valence-electron chi connectivity index (χ4n) is 1.29. The normalized spacial score (nSPS) is 11.0. The van der Waals surface area contributed by atoms with Crippen LogP contribution in [0.1, 0.15) is 5.56 Å². The summed E-state index contributed by atoms with van der Waals surface area (Å²) in [5.41, 5.74) is 1.24. The van der Waals surface area contributed by atoms with Crippen LogP contribution in [-0.2, 0) is 0 Å². The van der Waals surface area contributed by atoms with Gasteiger partial charge in [0.2, 0.25) is 0 Å².